The van der Waals surface area contributed by atoms with Gasteiger partial charge in [-0.25, -0.2) is 14.6 Å². The molecule has 0 aliphatic heterocycles. The molecule has 0 aliphatic carbocycles. The van der Waals surface area contributed by atoms with E-state index in [1.807, 2.05) is 66.3 Å². The molecule has 0 saturated carbocycles. The lowest BCUT2D eigenvalue weighted by Gasteiger charge is -2.12. The van der Waals surface area contributed by atoms with Crippen molar-refractivity contribution >= 4 is 16.7 Å². The molecule has 0 fully saturated rings. The zero-order chi connectivity index (χ0) is 23.5. The summed E-state index contributed by atoms with van der Waals surface area (Å²) >= 11 is 0. The molecule has 5 rings (SSSR count). The van der Waals surface area contributed by atoms with Gasteiger partial charge >= 0.3 is 0 Å². The molecule has 0 saturated heterocycles. The standard InChI is InChI=1S/C26H24N6O2/c1-17-5-4-6-26(30-17)32-23-11-18(7-8-19(23)14-29-32)22-15-27-16-25(31-22)28-13-20-9-10-21(33-2)12-24(20)34-3/h4-12,14-16H,13H2,1-3H3,(H,28,31). The number of fused-ring (bicyclic) bond motifs is 1. The molecule has 0 aliphatic rings. The quantitative estimate of drug-likeness (QED) is 0.379. The van der Waals surface area contributed by atoms with Gasteiger partial charge in [0.15, 0.2) is 5.82 Å². The number of methoxy groups -OCH3 is 2. The number of hydrogen-bond acceptors (Lipinski definition) is 7. The van der Waals surface area contributed by atoms with Crippen LogP contribution in [-0.4, -0.2) is 39.0 Å². The highest BCUT2D eigenvalue weighted by Crippen LogP contribution is 2.27. The van der Waals surface area contributed by atoms with E-state index >= 15 is 0 Å². The van der Waals surface area contributed by atoms with Crippen LogP contribution >= 0.6 is 0 Å². The maximum absolute atomic E-state index is 5.49. The van der Waals surface area contributed by atoms with E-state index in [-0.39, 0.29) is 0 Å². The normalized spacial score (nSPS) is 10.9. The fourth-order valence-corrected chi connectivity index (χ4v) is 3.78. The predicted octanol–water partition coefficient (Wildman–Crippen LogP) is 4.82. The fraction of sp³-hybridized carbons (Fsp3) is 0.154. The minimum Gasteiger partial charge on any atom is -0.497 e. The number of benzene rings is 2. The van der Waals surface area contributed by atoms with E-state index in [0.717, 1.165) is 50.7 Å². The van der Waals surface area contributed by atoms with E-state index in [2.05, 4.69) is 26.4 Å². The Morgan fingerprint density at radius 1 is 0.912 bits per heavy atom. The average Bonchev–Trinajstić information content (AvgIpc) is 3.31. The molecule has 8 nitrogen and oxygen atoms in total. The minimum atomic E-state index is 0.538. The number of rotatable bonds is 7. The summed E-state index contributed by atoms with van der Waals surface area (Å²) in [5.41, 5.74) is 4.60. The monoisotopic (exact) mass is 452 g/mol. The van der Waals surface area contributed by atoms with Crippen molar-refractivity contribution < 1.29 is 9.47 Å². The second kappa shape index (κ2) is 9.19. The largest absolute Gasteiger partial charge is 0.497 e. The van der Waals surface area contributed by atoms with Crippen LogP contribution in [0.1, 0.15) is 11.3 Å². The lowest BCUT2D eigenvalue weighted by atomic mass is 10.1. The molecule has 3 heterocycles. The lowest BCUT2D eigenvalue weighted by molar-refractivity contribution is 0.391. The van der Waals surface area contributed by atoms with Crippen LogP contribution in [0.5, 0.6) is 11.5 Å². The van der Waals surface area contributed by atoms with Crippen LogP contribution in [0.25, 0.3) is 28.0 Å². The first-order chi connectivity index (χ1) is 16.6. The fourth-order valence-electron chi connectivity index (χ4n) is 3.78. The summed E-state index contributed by atoms with van der Waals surface area (Å²) in [6, 6.07) is 17.8. The Hall–Kier alpha value is -4.46. The molecule has 2 aromatic carbocycles. The maximum atomic E-state index is 5.49. The Bertz CT molecular complexity index is 1460. The van der Waals surface area contributed by atoms with Gasteiger partial charge in [0.1, 0.15) is 17.3 Å². The Morgan fingerprint density at radius 3 is 2.65 bits per heavy atom. The molecule has 0 unspecified atom stereocenters. The number of anilines is 1. The zero-order valence-corrected chi connectivity index (χ0v) is 19.2. The van der Waals surface area contributed by atoms with E-state index in [0.29, 0.717) is 12.4 Å². The van der Waals surface area contributed by atoms with Crippen molar-refractivity contribution in [3.63, 3.8) is 0 Å². The van der Waals surface area contributed by atoms with Gasteiger partial charge in [-0.15, -0.1) is 0 Å². The number of hydrogen-bond donors (Lipinski definition) is 1. The molecule has 0 radical (unpaired) electrons. The molecule has 0 amide bonds. The van der Waals surface area contributed by atoms with Crippen LogP contribution in [0, 0.1) is 6.92 Å². The number of ether oxygens (including phenoxy) is 2. The molecule has 3 aromatic heterocycles. The first-order valence-electron chi connectivity index (χ1n) is 10.8. The van der Waals surface area contributed by atoms with E-state index in [9.17, 15) is 0 Å². The molecule has 0 atom stereocenters. The van der Waals surface area contributed by atoms with Crippen molar-refractivity contribution in [2.24, 2.45) is 0 Å². The summed E-state index contributed by atoms with van der Waals surface area (Å²) < 4.78 is 12.6. The summed E-state index contributed by atoms with van der Waals surface area (Å²) in [5.74, 6) is 2.95. The van der Waals surface area contributed by atoms with Gasteiger partial charge in [-0.1, -0.05) is 18.2 Å². The summed E-state index contributed by atoms with van der Waals surface area (Å²) in [4.78, 5) is 13.8. The second-order valence-corrected chi connectivity index (χ2v) is 7.79. The Kier molecular flexibility index (Phi) is 5.78. The summed E-state index contributed by atoms with van der Waals surface area (Å²) in [6.07, 6.45) is 5.31. The zero-order valence-electron chi connectivity index (χ0n) is 19.2. The van der Waals surface area contributed by atoms with E-state index in [4.69, 9.17) is 14.5 Å². The summed E-state index contributed by atoms with van der Waals surface area (Å²) in [5, 5.41) is 8.90. The summed E-state index contributed by atoms with van der Waals surface area (Å²) in [6.45, 7) is 2.51. The van der Waals surface area contributed by atoms with Crippen LogP contribution in [-0.2, 0) is 6.54 Å². The number of nitrogens with one attached hydrogen (secondary N) is 1. The van der Waals surface area contributed by atoms with Gasteiger partial charge in [0.05, 0.1) is 44.0 Å². The maximum Gasteiger partial charge on any atom is 0.154 e. The molecule has 1 N–H and O–H groups in total. The summed E-state index contributed by atoms with van der Waals surface area (Å²) in [7, 11) is 3.28. The highest BCUT2D eigenvalue weighted by Gasteiger charge is 2.10. The number of nitrogens with zero attached hydrogens (tertiary/aromatic N) is 5. The van der Waals surface area contributed by atoms with Gasteiger partial charge in [0.25, 0.3) is 0 Å². The molecule has 8 heteroatoms. The smallest absolute Gasteiger partial charge is 0.154 e. The second-order valence-electron chi connectivity index (χ2n) is 7.79. The Labute approximate surface area is 197 Å². The Morgan fingerprint density at radius 2 is 1.82 bits per heavy atom. The molecular formula is C26H24N6O2. The molecule has 170 valence electrons. The van der Waals surface area contributed by atoms with Crippen LogP contribution in [0.3, 0.4) is 0 Å². The topological polar surface area (TPSA) is 87.0 Å². The molecule has 34 heavy (non-hydrogen) atoms. The first-order valence-corrected chi connectivity index (χ1v) is 10.8. The third kappa shape index (κ3) is 4.25. The lowest BCUT2D eigenvalue weighted by Crippen LogP contribution is -2.04. The van der Waals surface area contributed by atoms with E-state index in [1.165, 1.54) is 0 Å². The third-order valence-electron chi connectivity index (χ3n) is 5.55. The van der Waals surface area contributed by atoms with Gasteiger partial charge < -0.3 is 14.8 Å². The van der Waals surface area contributed by atoms with Crippen LogP contribution in [0.4, 0.5) is 5.82 Å². The number of pyridine rings is 1. The van der Waals surface area contributed by atoms with Crippen molar-refractivity contribution in [2.45, 2.75) is 13.5 Å². The highest BCUT2D eigenvalue weighted by molar-refractivity contribution is 5.84. The van der Waals surface area contributed by atoms with Crippen LogP contribution in [0.15, 0.2) is 73.2 Å². The van der Waals surface area contributed by atoms with Gasteiger partial charge in [0.2, 0.25) is 0 Å². The van der Waals surface area contributed by atoms with E-state index < -0.39 is 0 Å². The van der Waals surface area contributed by atoms with Crippen molar-refractivity contribution in [3.05, 3.63) is 84.4 Å². The van der Waals surface area contributed by atoms with Gasteiger partial charge in [-0.05, 0) is 37.3 Å². The van der Waals surface area contributed by atoms with Crippen molar-refractivity contribution in [2.75, 3.05) is 19.5 Å². The SMILES string of the molecule is COc1ccc(CNc2cncc(-c3ccc4cnn(-c5cccc(C)n5)c4c3)n2)c(OC)c1. The highest BCUT2D eigenvalue weighted by atomic mass is 16.5. The van der Waals surface area contributed by atoms with Gasteiger partial charge in [0, 0.05) is 34.8 Å². The van der Waals surface area contributed by atoms with Gasteiger partial charge in [-0.2, -0.15) is 5.10 Å². The third-order valence-corrected chi connectivity index (χ3v) is 5.55. The van der Waals surface area contributed by atoms with Crippen molar-refractivity contribution in [1.29, 1.82) is 0 Å². The number of aryl methyl sites for hydroxylation is 1. The number of aromatic nitrogens is 5. The van der Waals surface area contributed by atoms with Crippen molar-refractivity contribution in [3.8, 4) is 28.6 Å². The van der Waals surface area contributed by atoms with Crippen molar-refractivity contribution in [1.82, 2.24) is 24.7 Å². The molecule has 5 aromatic rings. The van der Waals surface area contributed by atoms with E-state index in [1.54, 1.807) is 26.6 Å². The minimum absolute atomic E-state index is 0.538. The van der Waals surface area contributed by atoms with Crippen LogP contribution in [0.2, 0.25) is 0 Å². The van der Waals surface area contributed by atoms with Crippen LogP contribution < -0.4 is 14.8 Å². The average molecular weight is 453 g/mol. The molecule has 0 spiro atoms. The Balaban J connectivity index is 1.42. The first kappa shape index (κ1) is 21.4. The molecular weight excluding hydrogens is 428 g/mol. The molecule has 0 bridgehead atoms. The predicted molar refractivity (Wildman–Crippen MR) is 132 cm³/mol. The van der Waals surface area contributed by atoms with Gasteiger partial charge in [-0.3, -0.25) is 4.98 Å².